The van der Waals surface area contributed by atoms with Gasteiger partial charge in [0.15, 0.2) is 0 Å². The Morgan fingerprint density at radius 2 is 2.14 bits per heavy atom. The molecule has 0 bridgehead atoms. The van der Waals surface area contributed by atoms with E-state index in [4.69, 9.17) is 9.78 Å². The minimum atomic E-state index is -3.32. The van der Waals surface area contributed by atoms with Gasteiger partial charge in [0, 0.05) is 17.2 Å². The maximum Gasteiger partial charge on any atom is 0.258 e. The van der Waals surface area contributed by atoms with E-state index in [-0.39, 0.29) is 23.2 Å². The van der Waals surface area contributed by atoms with Crippen LogP contribution >= 0.6 is 0 Å². The molecule has 142 valence electrons. The van der Waals surface area contributed by atoms with Gasteiger partial charge in [-0.3, -0.25) is 0 Å². The molecule has 1 atom stereocenters. The van der Waals surface area contributed by atoms with E-state index in [0.717, 1.165) is 22.9 Å². The van der Waals surface area contributed by atoms with E-state index >= 15 is 0 Å². The molecule has 4 rings (SSSR count). The first kappa shape index (κ1) is 18.2. The number of nitrogens with one attached hydrogen (secondary N) is 1. The zero-order valence-electron chi connectivity index (χ0n) is 14.9. The fourth-order valence-corrected chi connectivity index (χ4v) is 4.22. The molecule has 0 radical (unpaired) electrons. The van der Waals surface area contributed by atoms with Gasteiger partial charge >= 0.3 is 0 Å². The summed E-state index contributed by atoms with van der Waals surface area (Å²) in [4.78, 5) is 4.43. The summed E-state index contributed by atoms with van der Waals surface area (Å²) >= 11 is 0. The van der Waals surface area contributed by atoms with Crippen molar-refractivity contribution in [2.45, 2.75) is 18.9 Å². The summed E-state index contributed by atoms with van der Waals surface area (Å²) in [5.74, 6) is 0.502. The molecule has 0 amide bonds. The van der Waals surface area contributed by atoms with E-state index < -0.39 is 10.0 Å². The van der Waals surface area contributed by atoms with Crippen molar-refractivity contribution in [3.8, 4) is 34.7 Å². The fraction of sp³-hybridized carbons (Fsp3) is 0.211. The van der Waals surface area contributed by atoms with E-state index in [0.29, 0.717) is 24.2 Å². The number of fused-ring (bicyclic) bond motifs is 1. The zero-order valence-corrected chi connectivity index (χ0v) is 15.7. The van der Waals surface area contributed by atoms with Gasteiger partial charge in [-0.2, -0.15) is 10.2 Å². The average molecular weight is 396 g/mol. The Morgan fingerprint density at radius 3 is 2.89 bits per heavy atom. The van der Waals surface area contributed by atoms with Crippen molar-refractivity contribution in [1.29, 1.82) is 5.26 Å². The zero-order chi connectivity index (χ0) is 19.9. The van der Waals surface area contributed by atoms with Crippen LogP contribution in [0.3, 0.4) is 0 Å². The molecule has 0 saturated heterocycles. The quantitative estimate of drug-likeness (QED) is 0.693. The lowest BCUT2D eigenvalue weighted by atomic mass is 10.0. The van der Waals surface area contributed by atoms with Crippen molar-refractivity contribution in [2.75, 3.05) is 6.26 Å². The predicted molar refractivity (Wildman–Crippen MR) is 101 cm³/mol. The second-order valence-electron chi connectivity index (χ2n) is 6.62. The molecule has 2 N–H and O–H groups in total. The molecule has 0 saturated carbocycles. The van der Waals surface area contributed by atoms with Crippen LogP contribution < -0.4 is 4.72 Å². The monoisotopic (exact) mass is 396 g/mol. The Balaban J connectivity index is 1.70. The summed E-state index contributed by atoms with van der Waals surface area (Å²) in [6.07, 6.45) is 2.50. The number of sulfonamides is 1. The van der Waals surface area contributed by atoms with Crippen LogP contribution in [0, 0.1) is 11.3 Å². The third-order valence-electron chi connectivity index (χ3n) is 4.66. The number of aromatic nitrogens is 2. The number of hydrogen-bond acceptors (Lipinski definition) is 7. The van der Waals surface area contributed by atoms with Crippen LogP contribution in [0.15, 0.2) is 40.9 Å². The summed E-state index contributed by atoms with van der Waals surface area (Å²) in [5, 5.41) is 22.7. The highest BCUT2D eigenvalue weighted by Crippen LogP contribution is 2.37. The molecular weight excluding hydrogens is 380 g/mol. The number of phenols is 1. The van der Waals surface area contributed by atoms with Gasteiger partial charge in [-0.15, -0.1) is 0 Å². The molecule has 8 nitrogen and oxygen atoms in total. The first-order valence-corrected chi connectivity index (χ1v) is 10.4. The first-order chi connectivity index (χ1) is 13.4. The summed E-state index contributed by atoms with van der Waals surface area (Å²) in [5.41, 5.74) is 3.32. The first-order valence-electron chi connectivity index (χ1n) is 8.52. The van der Waals surface area contributed by atoms with Crippen molar-refractivity contribution in [3.63, 3.8) is 0 Å². The van der Waals surface area contributed by atoms with E-state index in [2.05, 4.69) is 14.9 Å². The van der Waals surface area contributed by atoms with E-state index in [1.165, 1.54) is 12.1 Å². The number of nitriles is 1. The lowest BCUT2D eigenvalue weighted by Gasteiger charge is -2.12. The topological polar surface area (TPSA) is 129 Å². The molecule has 3 aromatic rings. The van der Waals surface area contributed by atoms with Crippen LogP contribution in [0.4, 0.5) is 0 Å². The molecule has 2 aromatic carbocycles. The van der Waals surface area contributed by atoms with Crippen LogP contribution in [0.25, 0.3) is 22.8 Å². The maximum atomic E-state index is 11.6. The van der Waals surface area contributed by atoms with Gasteiger partial charge in [-0.1, -0.05) is 23.4 Å². The average Bonchev–Trinajstić information content (AvgIpc) is 3.28. The largest absolute Gasteiger partial charge is 0.507 e. The third kappa shape index (κ3) is 3.35. The number of hydrogen-bond donors (Lipinski definition) is 2. The van der Waals surface area contributed by atoms with Crippen LogP contribution in [-0.2, 0) is 16.4 Å². The van der Waals surface area contributed by atoms with Crippen molar-refractivity contribution in [2.24, 2.45) is 0 Å². The number of nitrogens with zero attached hydrogens (tertiary/aromatic N) is 3. The smallest absolute Gasteiger partial charge is 0.258 e. The molecule has 0 spiro atoms. The van der Waals surface area contributed by atoms with Gasteiger partial charge in [0.1, 0.15) is 11.8 Å². The van der Waals surface area contributed by atoms with E-state index in [1.54, 1.807) is 6.07 Å². The maximum absolute atomic E-state index is 11.6. The van der Waals surface area contributed by atoms with Gasteiger partial charge in [0.2, 0.25) is 15.8 Å². The van der Waals surface area contributed by atoms with Gasteiger partial charge in [-0.25, -0.2) is 13.1 Å². The van der Waals surface area contributed by atoms with E-state index in [9.17, 15) is 13.5 Å². The molecule has 1 aromatic heterocycles. The molecule has 0 fully saturated rings. The molecule has 0 aliphatic heterocycles. The highest BCUT2D eigenvalue weighted by Gasteiger charge is 2.28. The number of aromatic hydroxyl groups is 1. The highest BCUT2D eigenvalue weighted by atomic mass is 32.2. The minimum absolute atomic E-state index is 0.115. The predicted octanol–water partition coefficient (Wildman–Crippen LogP) is 2.52. The standard InChI is InChI=1S/C19H16N4O4S/c1-28(25,26)23-16-7-6-13-14(16)3-2-4-15(13)18-21-19(27-22-18)11-5-8-17(24)12(9-11)10-20/h2-5,8-9,16,23-24H,6-7H2,1H3. The molecule has 1 aliphatic rings. The Labute approximate surface area is 161 Å². The van der Waals surface area contributed by atoms with Gasteiger partial charge in [-0.05, 0) is 42.2 Å². The Morgan fingerprint density at radius 1 is 1.32 bits per heavy atom. The summed E-state index contributed by atoms with van der Waals surface area (Å²) in [6, 6.07) is 11.7. The van der Waals surface area contributed by atoms with Gasteiger partial charge in [0.25, 0.3) is 5.89 Å². The SMILES string of the molecule is CS(=O)(=O)NC1CCc2c(-c3noc(-c4ccc(O)c(C#N)c4)n3)cccc21. The highest BCUT2D eigenvalue weighted by molar-refractivity contribution is 7.88. The number of rotatable bonds is 4. The van der Waals surface area contributed by atoms with Crippen LogP contribution in [-0.4, -0.2) is 29.9 Å². The second-order valence-corrected chi connectivity index (χ2v) is 8.40. The molecule has 9 heteroatoms. The van der Waals surface area contributed by atoms with Crippen molar-refractivity contribution in [3.05, 3.63) is 53.1 Å². The second kappa shape index (κ2) is 6.74. The van der Waals surface area contributed by atoms with Gasteiger partial charge < -0.3 is 9.63 Å². The molecule has 1 heterocycles. The van der Waals surface area contributed by atoms with Crippen molar-refractivity contribution in [1.82, 2.24) is 14.9 Å². The summed E-state index contributed by atoms with van der Waals surface area (Å²) in [6.45, 7) is 0. The minimum Gasteiger partial charge on any atom is -0.507 e. The Bertz CT molecular complexity index is 1210. The number of benzene rings is 2. The molecule has 1 unspecified atom stereocenters. The fourth-order valence-electron chi connectivity index (χ4n) is 3.45. The van der Waals surface area contributed by atoms with Crippen LogP contribution in [0.5, 0.6) is 5.75 Å². The number of phenolic OH excluding ortho intramolecular Hbond substituents is 1. The third-order valence-corrected chi connectivity index (χ3v) is 5.37. The van der Waals surface area contributed by atoms with Crippen LogP contribution in [0.2, 0.25) is 0 Å². The van der Waals surface area contributed by atoms with E-state index in [1.807, 2.05) is 24.3 Å². The van der Waals surface area contributed by atoms with Crippen LogP contribution in [0.1, 0.15) is 29.2 Å². The lowest BCUT2D eigenvalue weighted by Crippen LogP contribution is -2.25. The van der Waals surface area contributed by atoms with Crippen molar-refractivity contribution >= 4 is 10.0 Å². The lowest BCUT2D eigenvalue weighted by molar-refractivity contribution is 0.432. The summed E-state index contributed by atoms with van der Waals surface area (Å²) < 4.78 is 31.2. The van der Waals surface area contributed by atoms with Crippen molar-refractivity contribution < 1.29 is 18.0 Å². The summed E-state index contributed by atoms with van der Waals surface area (Å²) in [7, 11) is -3.32. The Hall–Kier alpha value is -3.22. The molecular formula is C19H16N4O4S. The van der Waals surface area contributed by atoms with Gasteiger partial charge in [0.05, 0.1) is 11.8 Å². The normalized spacial score (nSPS) is 15.9. The molecule has 1 aliphatic carbocycles. The molecule has 28 heavy (non-hydrogen) atoms. The Kier molecular flexibility index (Phi) is 4.37.